The standard InChI is InChI=1S/C27H27N5O3S2/c1-18-8-6-9-19(16-18)31-15-7-11-23(31)26-25(21-10-4-5-14-28-21)29-27(36)32(26)20-12-13-24(35-2)22(17-20)30-37(3,33)34/h4-17,25-26,30H,1-3H3,(H,29,36). The fraction of sp³-hybridized carbons (Fsp3) is 0.185. The summed E-state index contributed by atoms with van der Waals surface area (Å²) in [5, 5.41) is 3.96. The summed E-state index contributed by atoms with van der Waals surface area (Å²) in [6, 6.07) is 23.0. The number of ether oxygens (including phenoxy) is 1. The Balaban J connectivity index is 1.67. The second-order valence-corrected chi connectivity index (χ2v) is 11.0. The molecule has 0 radical (unpaired) electrons. The molecule has 190 valence electrons. The summed E-state index contributed by atoms with van der Waals surface area (Å²) in [7, 11) is -2.03. The molecule has 37 heavy (non-hydrogen) atoms. The lowest BCUT2D eigenvalue weighted by atomic mass is 10.0. The summed E-state index contributed by atoms with van der Waals surface area (Å²) in [6.07, 6.45) is 4.90. The zero-order valence-electron chi connectivity index (χ0n) is 20.6. The molecule has 8 nitrogen and oxygen atoms in total. The van der Waals surface area contributed by atoms with E-state index in [-0.39, 0.29) is 12.1 Å². The number of pyridine rings is 1. The van der Waals surface area contributed by atoms with E-state index in [0.717, 1.165) is 28.9 Å². The van der Waals surface area contributed by atoms with E-state index < -0.39 is 10.0 Å². The number of sulfonamides is 1. The Morgan fingerprint density at radius 2 is 1.86 bits per heavy atom. The topological polar surface area (TPSA) is 88.5 Å². The van der Waals surface area contributed by atoms with Crippen molar-refractivity contribution in [3.63, 3.8) is 0 Å². The number of aryl methyl sites for hydroxylation is 1. The van der Waals surface area contributed by atoms with Crippen LogP contribution in [0.25, 0.3) is 5.69 Å². The van der Waals surface area contributed by atoms with Crippen molar-refractivity contribution in [1.82, 2.24) is 14.9 Å². The van der Waals surface area contributed by atoms with Crippen LogP contribution < -0.4 is 19.7 Å². The lowest BCUT2D eigenvalue weighted by molar-refractivity contribution is 0.417. The molecule has 10 heteroatoms. The summed E-state index contributed by atoms with van der Waals surface area (Å²) in [5.41, 5.74) is 5.08. The van der Waals surface area contributed by atoms with Crippen LogP contribution in [0.3, 0.4) is 0 Å². The number of hydrogen-bond donors (Lipinski definition) is 2. The third kappa shape index (κ3) is 5.03. The van der Waals surface area contributed by atoms with Gasteiger partial charge in [0.2, 0.25) is 10.0 Å². The van der Waals surface area contributed by atoms with Gasteiger partial charge in [0.25, 0.3) is 0 Å². The third-order valence-corrected chi connectivity index (χ3v) is 7.12. The predicted octanol–water partition coefficient (Wildman–Crippen LogP) is 4.74. The first kappa shape index (κ1) is 24.8. The van der Waals surface area contributed by atoms with Crippen molar-refractivity contribution in [2.24, 2.45) is 0 Å². The first-order valence-corrected chi connectivity index (χ1v) is 14.0. The normalized spacial score (nSPS) is 17.5. The summed E-state index contributed by atoms with van der Waals surface area (Å²) < 4.78 is 34.2. The molecule has 1 saturated heterocycles. The van der Waals surface area contributed by atoms with Crippen LogP contribution in [0.2, 0.25) is 0 Å². The quantitative estimate of drug-likeness (QED) is 0.332. The zero-order chi connectivity index (χ0) is 26.2. The molecule has 0 amide bonds. The van der Waals surface area contributed by atoms with E-state index in [1.807, 2.05) is 47.5 Å². The van der Waals surface area contributed by atoms with E-state index >= 15 is 0 Å². The van der Waals surface area contributed by atoms with E-state index in [2.05, 4.69) is 50.8 Å². The van der Waals surface area contributed by atoms with Crippen LogP contribution in [-0.4, -0.2) is 36.4 Å². The molecule has 5 rings (SSSR count). The Hall–Kier alpha value is -3.89. The van der Waals surface area contributed by atoms with Gasteiger partial charge in [0.1, 0.15) is 11.8 Å². The van der Waals surface area contributed by atoms with E-state index in [0.29, 0.717) is 22.2 Å². The van der Waals surface area contributed by atoms with Gasteiger partial charge in [-0.3, -0.25) is 9.71 Å². The van der Waals surface area contributed by atoms with Gasteiger partial charge in [-0.15, -0.1) is 0 Å². The monoisotopic (exact) mass is 533 g/mol. The highest BCUT2D eigenvalue weighted by Gasteiger charge is 2.42. The summed E-state index contributed by atoms with van der Waals surface area (Å²) in [4.78, 5) is 6.63. The van der Waals surface area contributed by atoms with Gasteiger partial charge in [0.05, 0.1) is 30.8 Å². The van der Waals surface area contributed by atoms with Crippen LogP contribution in [0, 0.1) is 6.92 Å². The van der Waals surface area contributed by atoms with Crippen molar-refractivity contribution in [3.8, 4) is 11.4 Å². The molecule has 0 saturated carbocycles. The van der Waals surface area contributed by atoms with Crippen molar-refractivity contribution in [1.29, 1.82) is 0 Å². The number of methoxy groups -OCH3 is 1. The van der Waals surface area contributed by atoms with Gasteiger partial charge < -0.3 is 19.5 Å². The minimum atomic E-state index is -3.53. The summed E-state index contributed by atoms with van der Waals surface area (Å²) in [6.45, 7) is 2.07. The Labute approximate surface area is 222 Å². The van der Waals surface area contributed by atoms with Crippen LogP contribution in [0.5, 0.6) is 5.75 Å². The largest absolute Gasteiger partial charge is 0.495 e. The van der Waals surface area contributed by atoms with Crippen molar-refractivity contribution in [2.75, 3.05) is 23.0 Å². The van der Waals surface area contributed by atoms with Gasteiger partial charge >= 0.3 is 0 Å². The van der Waals surface area contributed by atoms with Crippen LogP contribution >= 0.6 is 12.2 Å². The molecule has 0 aliphatic carbocycles. The fourth-order valence-electron chi connectivity index (χ4n) is 4.71. The number of aromatic nitrogens is 2. The molecule has 2 aromatic carbocycles. The predicted molar refractivity (Wildman–Crippen MR) is 150 cm³/mol. The maximum Gasteiger partial charge on any atom is 0.229 e. The number of anilines is 2. The smallest absolute Gasteiger partial charge is 0.229 e. The van der Waals surface area contributed by atoms with Gasteiger partial charge in [0.15, 0.2) is 5.11 Å². The number of benzene rings is 2. The van der Waals surface area contributed by atoms with Crippen LogP contribution in [0.4, 0.5) is 11.4 Å². The molecule has 4 aromatic rings. The lowest BCUT2D eigenvalue weighted by Gasteiger charge is -2.29. The van der Waals surface area contributed by atoms with Gasteiger partial charge in [-0.25, -0.2) is 8.42 Å². The number of thiocarbonyl (C=S) groups is 1. The number of rotatable bonds is 7. The minimum absolute atomic E-state index is 0.249. The fourth-order valence-corrected chi connectivity index (χ4v) is 5.61. The molecule has 1 fully saturated rings. The molecular weight excluding hydrogens is 506 g/mol. The average molecular weight is 534 g/mol. The highest BCUT2D eigenvalue weighted by molar-refractivity contribution is 7.92. The Morgan fingerprint density at radius 3 is 2.57 bits per heavy atom. The third-order valence-electron chi connectivity index (χ3n) is 6.22. The van der Waals surface area contributed by atoms with E-state index in [1.54, 1.807) is 18.3 Å². The Morgan fingerprint density at radius 1 is 1.03 bits per heavy atom. The van der Waals surface area contributed by atoms with Gasteiger partial charge in [0, 0.05) is 29.5 Å². The first-order valence-electron chi connectivity index (χ1n) is 11.7. The Kier molecular flexibility index (Phi) is 6.61. The number of nitrogens with one attached hydrogen (secondary N) is 2. The van der Waals surface area contributed by atoms with Crippen molar-refractivity contribution in [2.45, 2.75) is 19.0 Å². The molecule has 3 heterocycles. The summed E-state index contributed by atoms with van der Waals surface area (Å²) >= 11 is 5.85. The molecule has 2 atom stereocenters. The second-order valence-electron chi connectivity index (χ2n) is 8.90. The van der Waals surface area contributed by atoms with E-state index in [9.17, 15) is 8.42 Å². The first-order chi connectivity index (χ1) is 17.7. The molecular formula is C27H27N5O3S2. The highest BCUT2D eigenvalue weighted by Crippen LogP contribution is 2.43. The molecule has 2 aromatic heterocycles. The maximum atomic E-state index is 12.1. The van der Waals surface area contributed by atoms with Gasteiger partial charge in [-0.05, 0) is 79.3 Å². The molecule has 1 aliphatic heterocycles. The van der Waals surface area contributed by atoms with E-state index in [1.165, 1.54) is 7.11 Å². The summed E-state index contributed by atoms with van der Waals surface area (Å²) in [5.74, 6) is 0.410. The number of nitrogens with zero attached hydrogens (tertiary/aromatic N) is 3. The molecule has 1 aliphatic rings. The maximum absolute atomic E-state index is 12.1. The van der Waals surface area contributed by atoms with Crippen molar-refractivity contribution in [3.05, 3.63) is 102 Å². The molecule has 0 spiro atoms. The van der Waals surface area contributed by atoms with E-state index in [4.69, 9.17) is 17.0 Å². The van der Waals surface area contributed by atoms with Crippen molar-refractivity contribution >= 4 is 38.7 Å². The SMILES string of the molecule is COc1ccc(N2C(=S)NC(c3ccccn3)C2c2cccn2-c2cccc(C)c2)cc1NS(C)(=O)=O. The second kappa shape index (κ2) is 9.87. The van der Waals surface area contributed by atoms with Crippen LogP contribution in [-0.2, 0) is 10.0 Å². The number of hydrogen-bond acceptors (Lipinski definition) is 5. The molecule has 2 unspecified atom stereocenters. The van der Waals surface area contributed by atoms with Crippen molar-refractivity contribution < 1.29 is 13.2 Å². The van der Waals surface area contributed by atoms with Crippen LogP contribution in [0.1, 0.15) is 29.0 Å². The van der Waals surface area contributed by atoms with Gasteiger partial charge in [-0.2, -0.15) is 0 Å². The average Bonchev–Trinajstić information content (AvgIpc) is 3.48. The molecule has 2 N–H and O–H groups in total. The molecule has 0 bridgehead atoms. The Bertz CT molecular complexity index is 1550. The minimum Gasteiger partial charge on any atom is -0.495 e. The van der Waals surface area contributed by atoms with Gasteiger partial charge in [-0.1, -0.05) is 18.2 Å². The highest BCUT2D eigenvalue weighted by atomic mass is 32.2. The zero-order valence-corrected chi connectivity index (χ0v) is 22.3. The lowest BCUT2D eigenvalue weighted by Crippen LogP contribution is -2.30. The van der Waals surface area contributed by atoms with Crippen LogP contribution in [0.15, 0.2) is 85.2 Å².